The Morgan fingerprint density at radius 1 is 1.37 bits per heavy atom. The summed E-state index contributed by atoms with van der Waals surface area (Å²) in [5.74, 6) is -0.292. The number of pyridine rings is 1. The van der Waals surface area contributed by atoms with Gasteiger partial charge in [-0.3, -0.25) is 19.1 Å². The number of hydrogen-bond acceptors (Lipinski definition) is 5. The smallest absolute Gasteiger partial charge is 0.329 e. The van der Waals surface area contributed by atoms with E-state index in [9.17, 15) is 14.4 Å². The maximum atomic E-state index is 12.8. The molecule has 1 amide bonds. The highest BCUT2D eigenvalue weighted by Gasteiger charge is 2.19. The number of nitrogens with zero attached hydrogens (tertiary/aromatic N) is 2. The second-order valence-corrected chi connectivity index (χ2v) is 7.57. The van der Waals surface area contributed by atoms with Gasteiger partial charge in [-0.25, -0.2) is 9.78 Å². The van der Waals surface area contributed by atoms with E-state index in [-0.39, 0.29) is 28.4 Å². The third-order valence-electron chi connectivity index (χ3n) is 4.36. The first-order valence-electron chi connectivity index (χ1n) is 8.90. The fraction of sp³-hybridized carbons (Fsp3) is 0.368. The highest BCUT2D eigenvalue weighted by molar-refractivity contribution is 7.09. The molecule has 8 heteroatoms. The highest BCUT2D eigenvalue weighted by Crippen LogP contribution is 2.19. The second kappa shape index (κ2) is 7.87. The fourth-order valence-corrected chi connectivity index (χ4v) is 3.62. The first kappa shape index (κ1) is 19.0. The van der Waals surface area contributed by atoms with E-state index in [1.807, 2.05) is 31.4 Å². The van der Waals surface area contributed by atoms with Gasteiger partial charge in [0.05, 0.1) is 10.9 Å². The first-order chi connectivity index (χ1) is 12.9. The Balaban J connectivity index is 2.06. The number of hydrogen-bond donors (Lipinski definition) is 2. The van der Waals surface area contributed by atoms with E-state index in [0.29, 0.717) is 18.8 Å². The largest absolute Gasteiger partial charge is 0.352 e. The summed E-state index contributed by atoms with van der Waals surface area (Å²) < 4.78 is 1.38. The summed E-state index contributed by atoms with van der Waals surface area (Å²) in [6, 6.07) is 5.63. The van der Waals surface area contributed by atoms with Crippen LogP contribution in [0.1, 0.15) is 47.6 Å². The Bertz CT molecular complexity index is 1080. The molecule has 0 spiro atoms. The number of aromatic amines is 1. The first-order valence-corrected chi connectivity index (χ1v) is 9.78. The second-order valence-electron chi connectivity index (χ2n) is 6.54. The van der Waals surface area contributed by atoms with Crippen LogP contribution in [0, 0.1) is 0 Å². The van der Waals surface area contributed by atoms with E-state index in [1.165, 1.54) is 9.44 Å². The molecule has 3 heterocycles. The molecular weight excluding hydrogens is 364 g/mol. The van der Waals surface area contributed by atoms with Gasteiger partial charge in [-0.1, -0.05) is 19.9 Å². The highest BCUT2D eigenvalue weighted by atomic mass is 32.1. The minimum atomic E-state index is -0.592. The molecule has 0 aliphatic heterocycles. The summed E-state index contributed by atoms with van der Waals surface area (Å²) in [7, 11) is 0. The van der Waals surface area contributed by atoms with E-state index in [1.54, 1.807) is 24.3 Å². The summed E-state index contributed by atoms with van der Waals surface area (Å²) in [6.45, 7) is 6.51. The van der Waals surface area contributed by atoms with Crippen molar-refractivity contribution in [2.45, 2.75) is 39.7 Å². The average Bonchev–Trinajstić information content (AvgIpc) is 3.14. The van der Waals surface area contributed by atoms with Crippen molar-refractivity contribution in [3.8, 4) is 0 Å². The Labute approximate surface area is 160 Å². The zero-order valence-electron chi connectivity index (χ0n) is 15.5. The monoisotopic (exact) mass is 386 g/mol. The molecule has 142 valence electrons. The Morgan fingerprint density at radius 3 is 2.78 bits per heavy atom. The number of rotatable bonds is 6. The molecule has 0 aromatic carbocycles. The lowest BCUT2D eigenvalue weighted by Gasteiger charge is -2.14. The predicted molar refractivity (Wildman–Crippen MR) is 107 cm³/mol. The number of aryl methyl sites for hydroxylation is 1. The topological polar surface area (TPSA) is 96.9 Å². The summed E-state index contributed by atoms with van der Waals surface area (Å²) >= 11 is 1.63. The maximum absolute atomic E-state index is 12.8. The molecule has 3 aromatic rings. The molecule has 0 saturated heterocycles. The summed E-state index contributed by atoms with van der Waals surface area (Å²) in [6.07, 6.45) is 0.722. The molecule has 3 rings (SSSR count). The SMILES string of the molecule is CCn1c(=O)[nH]c(=O)c2c(C(=O)NCCc3cccs3)cc(C(C)C)nc21. The summed E-state index contributed by atoms with van der Waals surface area (Å²) in [5.41, 5.74) is 0.0515. The van der Waals surface area contributed by atoms with Gasteiger partial charge in [0.25, 0.3) is 11.5 Å². The van der Waals surface area contributed by atoms with Crippen molar-refractivity contribution in [3.05, 3.63) is 60.6 Å². The standard InChI is InChI=1S/C19H22N4O3S/c1-4-23-16-15(18(25)22-19(23)26)13(10-14(21-16)11(2)3)17(24)20-8-7-12-6-5-9-27-12/h5-6,9-11H,4,7-8H2,1-3H3,(H,20,24)(H,22,25,26). The molecule has 0 saturated carbocycles. The molecule has 0 aliphatic rings. The van der Waals surface area contributed by atoms with Crippen LogP contribution >= 0.6 is 11.3 Å². The quantitative estimate of drug-likeness (QED) is 0.679. The van der Waals surface area contributed by atoms with Gasteiger partial charge in [0.2, 0.25) is 0 Å². The third-order valence-corrected chi connectivity index (χ3v) is 5.29. The van der Waals surface area contributed by atoms with E-state index in [0.717, 1.165) is 6.42 Å². The molecule has 3 aromatic heterocycles. The zero-order chi connectivity index (χ0) is 19.6. The fourth-order valence-electron chi connectivity index (χ4n) is 2.91. The van der Waals surface area contributed by atoms with Crippen molar-refractivity contribution in [3.63, 3.8) is 0 Å². The average molecular weight is 386 g/mol. The van der Waals surface area contributed by atoms with Crippen LogP contribution in [-0.2, 0) is 13.0 Å². The van der Waals surface area contributed by atoms with Crippen molar-refractivity contribution in [1.82, 2.24) is 19.9 Å². The number of H-pyrrole nitrogens is 1. The van der Waals surface area contributed by atoms with Crippen LogP contribution in [0.15, 0.2) is 33.2 Å². The number of carbonyl (C=O) groups excluding carboxylic acids is 1. The summed E-state index contributed by atoms with van der Waals surface area (Å²) in [5, 5.41) is 5.01. The van der Waals surface area contributed by atoms with Crippen molar-refractivity contribution >= 4 is 28.3 Å². The van der Waals surface area contributed by atoms with E-state index < -0.39 is 11.2 Å². The molecule has 2 N–H and O–H groups in total. The van der Waals surface area contributed by atoms with Crippen LogP contribution in [0.2, 0.25) is 0 Å². The molecular formula is C19H22N4O3S. The van der Waals surface area contributed by atoms with E-state index >= 15 is 0 Å². The van der Waals surface area contributed by atoms with E-state index in [4.69, 9.17) is 0 Å². The van der Waals surface area contributed by atoms with E-state index in [2.05, 4.69) is 15.3 Å². The lowest BCUT2D eigenvalue weighted by atomic mass is 10.0. The minimum Gasteiger partial charge on any atom is -0.352 e. The van der Waals surface area contributed by atoms with Gasteiger partial charge in [-0.2, -0.15) is 0 Å². The van der Waals surface area contributed by atoms with Crippen molar-refractivity contribution in [2.75, 3.05) is 6.54 Å². The molecule has 7 nitrogen and oxygen atoms in total. The Hall–Kier alpha value is -2.74. The lowest BCUT2D eigenvalue weighted by molar-refractivity contribution is 0.0955. The number of carbonyl (C=O) groups is 1. The molecule has 0 atom stereocenters. The number of nitrogens with one attached hydrogen (secondary N) is 2. The molecule has 0 radical (unpaired) electrons. The Morgan fingerprint density at radius 2 is 2.15 bits per heavy atom. The van der Waals surface area contributed by atoms with Gasteiger partial charge in [-0.15, -0.1) is 11.3 Å². The number of amides is 1. The Kier molecular flexibility index (Phi) is 5.55. The number of thiophene rings is 1. The third kappa shape index (κ3) is 3.85. The van der Waals surface area contributed by atoms with Gasteiger partial charge in [-0.05, 0) is 36.8 Å². The van der Waals surface area contributed by atoms with Crippen molar-refractivity contribution < 1.29 is 4.79 Å². The predicted octanol–water partition coefficient (Wildman–Crippen LogP) is 2.26. The van der Waals surface area contributed by atoms with Crippen molar-refractivity contribution in [2.24, 2.45) is 0 Å². The normalized spacial score (nSPS) is 11.3. The molecule has 0 bridgehead atoms. The molecule has 27 heavy (non-hydrogen) atoms. The van der Waals surface area contributed by atoms with Gasteiger partial charge in [0.1, 0.15) is 0 Å². The lowest BCUT2D eigenvalue weighted by Crippen LogP contribution is -2.33. The summed E-state index contributed by atoms with van der Waals surface area (Å²) in [4.78, 5) is 45.4. The van der Waals surface area contributed by atoms with Crippen LogP contribution in [0.4, 0.5) is 0 Å². The molecule has 0 fully saturated rings. The van der Waals surface area contributed by atoms with Gasteiger partial charge in [0, 0.05) is 23.7 Å². The van der Waals surface area contributed by atoms with Gasteiger partial charge in [0.15, 0.2) is 5.65 Å². The number of fused-ring (bicyclic) bond motifs is 1. The van der Waals surface area contributed by atoms with Crippen LogP contribution in [0.5, 0.6) is 0 Å². The zero-order valence-corrected chi connectivity index (χ0v) is 16.4. The van der Waals surface area contributed by atoms with Crippen molar-refractivity contribution in [1.29, 1.82) is 0 Å². The van der Waals surface area contributed by atoms with Crippen LogP contribution in [-0.4, -0.2) is 27.0 Å². The molecule has 0 aliphatic carbocycles. The molecule has 0 unspecified atom stereocenters. The van der Waals surface area contributed by atoms with Crippen LogP contribution in [0.25, 0.3) is 11.0 Å². The number of aromatic nitrogens is 3. The minimum absolute atomic E-state index is 0.0479. The maximum Gasteiger partial charge on any atom is 0.329 e. The van der Waals surface area contributed by atoms with Gasteiger partial charge >= 0.3 is 5.69 Å². The van der Waals surface area contributed by atoms with Crippen LogP contribution < -0.4 is 16.6 Å². The van der Waals surface area contributed by atoms with Crippen LogP contribution in [0.3, 0.4) is 0 Å². The van der Waals surface area contributed by atoms with Gasteiger partial charge < -0.3 is 5.32 Å².